The van der Waals surface area contributed by atoms with E-state index in [2.05, 4.69) is 45.0 Å². The zero-order valence-electron chi connectivity index (χ0n) is 11.4. The van der Waals surface area contributed by atoms with Crippen molar-refractivity contribution in [2.45, 2.75) is 52.5 Å². The molecule has 2 atom stereocenters. The number of hydrogen-bond donors (Lipinski definition) is 1. The molecule has 17 heavy (non-hydrogen) atoms. The van der Waals surface area contributed by atoms with E-state index in [9.17, 15) is 0 Å². The van der Waals surface area contributed by atoms with E-state index in [1.165, 1.54) is 36.8 Å². The highest BCUT2D eigenvalue weighted by Gasteiger charge is 2.36. The van der Waals surface area contributed by atoms with Crippen molar-refractivity contribution < 1.29 is 0 Å². The first-order valence-corrected chi connectivity index (χ1v) is 6.83. The minimum atomic E-state index is 0.199. The smallest absolute Gasteiger partial charge is 0.0328 e. The van der Waals surface area contributed by atoms with E-state index in [1.54, 1.807) is 0 Å². The molecule has 2 unspecified atom stereocenters. The van der Waals surface area contributed by atoms with Gasteiger partial charge in [0.1, 0.15) is 0 Å². The molecule has 1 saturated carbocycles. The van der Waals surface area contributed by atoms with Gasteiger partial charge in [-0.15, -0.1) is 0 Å². The van der Waals surface area contributed by atoms with Gasteiger partial charge < -0.3 is 5.73 Å². The normalized spacial score (nSPS) is 25.5. The molecule has 0 aliphatic heterocycles. The molecule has 2 rings (SSSR count). The monoisotopic (exact) mass is 231 g/mol. The zero-order valence-corrected chi connectivity index (χ0v) is 11.4. The number of aryl methyl sites for hydroxylation is 1. The first-order chi connectivity index (χ1) is 8.00. The fourth-order valence-electron chi connectivity index (χ4n) is 3.30. The van der Waals surface area contributed by atoms with Gasteiger partial charge in [0, 0.05) is 6.04 Å². The Balaban J connectivity index is 2.21. The zero-order chi connectivity index (χ0) is 12.5. The van der Waals surface area contributed by atoms with Crippen LogP contribution in [0.3, 0.4) is 0 Å². The summed E-state index contributed by atoms with van der Waals surface area (Å²) in [6.07, 6.45) is 5.30. The number of nitrogens with two attached hydrogens (primary N) is 1. The van der Waals surface area contributed by atoms with Gasteiger partial charge in [-0.1, -0.05) is 56.5 Å². The molecular weight excluding hydrogens is 206 g/mol. The predicted octanol–water partition coefficient (Wildman–Crippen LogP) is 4.21. The molecule has 1 aromatic carbocycles. The van der Waals surface area contributed by atoms with E-state index in [0.717, 1.165) is 0 Å². The van der Waals surface area contributed by atoms with Gasteiger partial charge in [0.05, 0.1) is 0 Å². The molecule has 1 fully saturated rings. The third kappa shape index (κ3) is 2.71. The van der Waals surface area contributed by atoms with Crippen molar-refractivity contribution >= 4 is 0 Å². The van der Waals surface area contributed by atoms with Gasteiger partial charge in [-0.05, 0) is 36.7 Å². The highest BCUT2D eigenvalue weighted by molar-refractivity contribution is 5.25. The van der Waals surface area contributed by atoms with Gasteiger partial charge in [-0.25, -0.2) is 0 Å². The summed E-state index contributed by atoms with van der Waals surface area (Å²) in [6.45, 7) is 6.90. The molecule has 0 bridgehead atoms. The fraction of sp³-hybridized carbons (Fsp3) is 0.625. The van der Waals surface area contributed by atoms with E-state index >= 15 is 0 Å². The third-order valence-corrected chi connectivity index (χ3v) is 4.45. The standard InChI is InChI=1S/C16H25N/c1-12-7-6-8-13(11-12)15(17)14-9-4-5-10-16(14,2)3/h6-8,11,14-15H,4-5,9-10,17H2,1-3H3. The van der Waals surface area contributed by atoms with E-state index < -0.39 is 0 Å². The number of benzene rings is 1. The Morgan fingerprint density at radius 3 is 2.71 bits per heavy atom. The Morgan fingerprint density at radius 2 is 2.06 bits per heavy atom. The summed E-state index contributed by atoms with van der Waals surface area (Å²) >= 11 is 0. The van der Waals surface area contributed by atoms with Gasteiger partial charge in [0.2, 0.25) is 0 Å². The minimum absolute atomic E-state index is 0.199. The summed E-state index contributed by atoms with van der Waals surface area (Å²) in [5.41, 5.74) is 9.53. The molecule has 0 heterocycles. The first-order valence-electron chi connectivity index (χ1n) is 6.83. The second-order valence-electron chi connectivity index (χ2n) is 6.28. The summed E-state index contributed by atoms with van der Waals surface area (Å²) in [6, 6.07) is 8.89. The van der Waals surface area contributed by atoms with Crippen molar-refractivity contribution in [3.05, 3.63) is 35.4 Å². The van der Waals surface area contributed by atoms with Gasteiger partial charge in [-0.3, -0.25) is 0 Å². The Labute approximate surface area is 105 Å². The van der Waals surface area contributed by atoms with Crippen molar-refractivity contribution in [2.75, 3.05) is 0 Å². The largest absolute Gasteiger partial charge is 0.324 e. The lowest BCUT2D eigenvalue weighted by Gasteiger charge is -2.42. The Hall–Kier alpha value is -0.820. The van der Waals surface area contributed by atoms with E-state index in [-0.39, 0.29) is 6.04 Å². The van der Waals surface area contributed by atoms with Crippen molar-refractivity contribution in [2.24, 2.45) is 17.1 Å². The summed E-state index contributed by atoms with van der Waals surface area (Å²) in [5, 5.41) is 0. The van der Waals surface area contributed by atoms with Crippen LogP contribution in [0.5, 0.6) is 0 Å². The number of hydrogen-bond acceptors (Lipinski definition) is 1. The molecule has 2 N–H and O–H groups in total. The quantitative estimate of drug-likeness (QED) is 0.810. The Bertz CT molecular complexity index is 381. The average molecular weight is 231 g/mol. The van der Waals surface area contributed by atoms with Crippen LogP contribution < -0.4 is 5.73 Å². The van der Waals surface area contributed by atoms with Crippen LogP contribution in [-0.4, -0.2) is 0 Å². The predicted molar refractivity (Wildman–Crippen MR) is 73.8 cm³/mol. The molecule has 0 saturated heterocycles. The molecule has 1 heteroatoms. The SMILES string of the molecule is Cc1cccc(C(N)C2CCCCC2(C)C)c1. The second kappa shape index (κ2) is 4.81. The Morgan fingerprint density at radius 1 is 1.29 bits per heavy atom. The molecule has 0 amide bonds. The maximum Gasteiger partial charge on any atom is 0.0328 e. The van der Waals surface area contributed by atoms with E-state index in [0.29, 0.717) is 11.3 Å². The molecule has 0 aromatic heterocycles. The van der Waals surface area contributed by atoms with Crippen molar-refractivity contribution in [3.8, 4) is 0 Å². The van der Waals surface area contributed by atoms with Crippen LogP contribution in [0.25, 0.3) is 0 Å². The molecule has 1 aromatic rings. The van der Waals surface area contributed by atoms with Crippen LogP contribution in [0.15, 0.2) is 24.3 Å². The topological polar surface area (TPSA) is 26.0 Å². The maximum absolute atomic E-state index is 6.51. The van der Waals surface area contributed by atoms with E-state index in [1.807, 2.05) is 0 Å². The summed E-state index contributed by atoms with van der Waals surface area (Å²) in [4.78, 5) is 0. The number of rotatable bonds is 2. The second-order valence-corrected chi connectivity index (χ2v) is 6.28. The summed E-state index contributed by atoms with van der Waals surface area (Å²) < 4.78 is 0. The molecular formula is C16H25N. The van der Waals surface area contributed by atoms with Crippen LogP contribution in [0.2, 0.25) is 0 Å². The van der Waals surface area contributed by atoms with Crippen LogP contribution in [0.4, 0.5) is 0 Å². The minimum Gasteiger partial charge on any atom is -0.324 e. The lowest BCUT2D eigenvalue weighted by Crippen LogP contribution is -2.36. The third-order valence-electron chi connectivity index (χ3n) is 4.45. The van der Waals surface area contributed by atoms with Crippen LogP contribution in [0, 0.1) is 18.3 Å². The Kier molecular flexibility index (Phi) is 3.58. The fourth-order valence-corrected chi connectivity index (χ4v) is 3.30. The van der Waals surface area contributed by atoms with Crippen molar-refractivity contribution in [1.29, 1.82) is 0 Å². The van der Waals surface area contributed by atoms with Gasteiger partial charge in [0.25, 0.3) is 0 Å². The molecule has 1 aliphatic rings. The lowest BCUT2D eigenvalue weighted by atomic mass is 9.65. The summed E-state index contributed by atoms with van der Waals surface area (Å²) in [5.74, 6) is 0.623. The van der Waals surface area contributed by atoms with Crippen LogP contribution in [-0.2, 0) is 0 Å². The summed E-state index contributed by atoms with van der Waals surface area (Å²) in [7, 11) is 0. The molecule has 94 valence electrons. The van der Waals surface area contributed by atoms with Crippen LogP contribution >= 0.6 is 0 Å². The first kappa shape index (κ1) is 12.6. The lowest BCUT2D eigenvalue weighted by molar-refractivity contribution is 0.112. The van der Waals surface area contributed by atoms with Crippen molar-refractivity contribution in [3.63, 3.8) is 0 Å². The van der Waals surface area contributed by atoms with Crippen molar-refractivity contribution in [1.82, 2.24) is 0 Å². The molecule has 0 radical (unpaired) electrons. The highest BCUT2D eigenvalue weighted by atomic mass is 14.7. The maximum atomic E-state index is 6.51. The molecule has 1 aliphatic carbocycles. The average Bonchev–Trinajstić information content (AvgIpc) is 2.27. The van der Waals surface area contributed by atoms with Gasteiger partial charge >= 0.3 is 0 Å². The molecule has 0 spiro atoms. The van der Waals surface area contributed by atoms with Gasteiger partial charge in [0.15, 0.2) is 0 Å². The highest BCUT2D eigenvalue weighted by Crippen LogP contribution is 2.45. The van der Waals surface area contributed by atoms with Gasteiger partial charge in [-0.2, -0.15) is 0 Å². The van der Waals surface area contributed by atoms with Crippen LogP contribution in [0.1, 0.15) is 56.7 Å². The molecule has 1 nitrogen and oxygen atoms in total. The van der Waals surface area contributed by atoms with E-state index in [4.69, 9.17) is 5.73 Å².